The smallest absolute Gasteiger partial charge is 0.345 e. The number of benzene rings is 2. The van der Waals surface area contributed by atoms with Gasteiger partial charge in [0.1, 0.15) is 10.8 Å². The number of carbonyl (C=O) groups is 2. The summed E-state index contributed by atoms with van der Waals surface area (Å²) in [6.07, 6.45) is -0.187. The fraction of sp³-hybridized carbons (Fsp3) is 0.300. The molecule has 0 fully saturated rings. The first kappa shape index (κ1) is 17.4. The van der Waals surface area contributed by atoms with Crippen molar-refractivity contribution in [2.75, 3.05) is 0 Å². The predicted molar refractivity (Wildman–Crippen MR) is 98.6 cm³/mol. The highest BCUT2D eigenvalue weighted by Crippen LogP contribution is 2.54. The second-order valence-electron chi connectivity index (χ2n) is 6.64. The lowest BCUT2D eigenvalue weighted by molar-refractivity contribution is -0.144. The molecule has 0 saturated heterocycles. The van der Waals surface area contributed by atoms with Crippen LogP contribution in [0.1, 0.15) is 46.3 Å². The van der Waals surface area contributed by atoms with Crippen LogP contribution in [0.25, 0.3) is 0 Å². The fourth-order valence-corrected chi connectivity index (χ4v) is 4.70. The molecule has 0 amide bonds. The number of carboxylic acids is 1. The average Bonchev–Trinajstić information content (AvgIpc) is 3.20. The molecule has 1 aliphatic carbocycles. The van der Waals surface area contributed by atoms with Gasteiger partial charge in [-0.05, 0) is 17.5 Å². The summed E-state index contributed by atoms with van der Waals surface area (Å²) in [5, 5.41) is 9.65. The zero-order chi connectivity index (χ0) is 18.6. The van der Waals surface area contributed by atoms with Gasteiger partial charge in [0, 0.05) is 29.4 Å². The van der Waals surface area contributed by atoms with Gasteiger partial charge in [-0.1, -0.05) is 60.5 Å². The Labute approximate surface area is 160 Å². The molecule has 3 atom stereocenters. The second kappa shape index (κ2) is 6.29. The van der Waals surface area contributed by atoms with Gasteiger partial charge in [-0.3, -0.25) is 4.79 Å². The highest BCUT2D eigenvalue weighted by Gasteiger charge is 2.47. The molecule has 1 N–H and O–H groups in total. The first-order valence-electron chi connectivity index (χ1n) is 8.48. The van der Waals surface area contributed by atoms with Gasteiger partial charge in [0.15, 0.2) is 11.9 Å². The topological polar surface area (TPSA) is 63.6 Å². The molecular weight excluding hydrogens is 375 g/mol. The van der Waals surface area contributed by atoms with Gasteiger partial charge in [-0.2, -0.15) is 0 Å². The summed E-state index contributed by atoms with van der Waals surface area (Å²) in [6.45, 7) is 1.97. The number of halogens is 2. The van der Waals surface area contributed by atoms with Gasteiger partial charge in [0.2, 0.25) is 0 Å². The number of hydrogen-bond donors (Lipinski definition) is 1. The van der Waals surface area contributed by atoms with Crippen molar-refractivity contribution in [3.8, 4) is 5.75 Å². The quantitative estimate of drug-likeness (QED) is 0.821. The second-order valence-corrected chi connectivity index (χ2v) is 7.40. The lowest BCUT2D eigenvalue weighted by Gasteiger charge is -2.20. The number of ketones is 1. The summed E-state index contributed by atoms with van der Waals surface area (Å²) >= 11 is 12.8. The molecule has 0 spiro atoms. The van der Waals surface area contributed by atoms with Crippen LogP contribution in [0.4, 0.5) is 0 Å². The van der Waals surface area contributed by atoms with Crippen LogP contribution in [0.3, 0.4) is 0 Å². The number of hydrogen-bond acceptors (Lipinski definition) is 3. The van der Waals surface area contributed by atoms with Gasteiger partial charge in [-0.25, -0.2) is 4.79 Å². The Bertz CT molecular complexity index is 923. The Kier molecular flexibility index (Phi) is 4.20. The minimum atomic E-state index is -1.06. The first-order chi connectivity index (χ1) is 12.5. The molecule has 26 heavy (non-hydrogen) atoms. The summed E-state index contributed by atoms with van der Waals surface area (Å²) in [6, 6.07) is 9.74. The Morgan fingerprint density at radius 1 is 1.23 bits per heavy atom. The molecule has 1 aliphatic heterocycles. The van der Waals surface area contributed by atoms with E-state index in [-0.39, 0.29) is 34.1 Å². The van der Waals surface area contributed by atoms with E-state index >= 15 is 0 Å². The van der Waals surface area contributed by atoms with E-state index in [1.165, 1.54) is 0 Å². The van der Waals surface area contributed by atoms with E-state index in [1.807, 2.05) is 37.3 Å². The minimum Gasteiger partial charge on any atom is -0.478 e. The number of carboxylic acid groups (broad SMARTS) is 1. The number of aliphatic carboxylic acids is 1. The van der Waals surface area contributed by atoms with E-state index in [0.717, 1.165) is 11.1 Å². The standard InChI is InChI=1S/C20H16Cl2O4/c1-2-10-13(9-6-4-3-5-7-9)14-11-8-12(20(24)25)26-19(11)17(22)16(21)15(14)18(10)23/h3-7,10,12-13H,2,8H2,1H3,(H,24,25). The average molecular weight is 391 g/mol. The Hall–Kier alpha value is -2.04. The van der Waals surface area contributed by atoms with Crippen molar-refractivity contribution in [1.29, 1.82) is 0 Å². The molecule has 4 rings (SSSR count). The monoisotopic (exact) mass is 390 g/mol. The lowest BCUT2D eigenvalue weighted by Crippen LogP contribution is -2.24. The molecule has 3 unspecified atom stereocenters. The van der Waals surface area contributed by atoms with Crippen molar-refractivity contribution in [1.82, 2.24) is 0 Å². The number of fused-ring (bicyclic) bond motifs is 3. The van der Waals surface area contributed by atoms with E-state index in [1.54, 1.807) is 0 Å². The van der Waals surface area contributed by atoms with E-state index in [2.05, 4.69) is 0 Å². The molecule has 1 heterocycles. The molecule has 0 radical (unpaired) electrons. The Morgan fingerprint density at radius 3 is 2.54 bits per heavy atom. The van der Waals surface area contributed by atoms with Crippen molar-refractivity contribution >= 4 is 35.0 Å². The van der Waals surface area contributed by atoms with Crippen LogP contribution in [0, 0.1) is 5.92 Å². The summed E-state index contributed by atoms with van der Waals surface area (Å²) in [4.78, 5) is 24.5. The van der Waals surface area contributed by atoms with E-state index in [4.69, 9.17) is 27.9 Å². The molecule has 0 aromatic heterocycles. The van der Waals surface area contributed by atoms with Gasteiger partial charge >= 0.3 is 5.97 Å². The number of Topliss-reactive ketones (excluding diaryl/α,β-unsaturated/α-hetero) is 1. The molecule has 134 valence electrons. The third-order valence-electron chi connectivity index (χ3n) is 5.30. The Balaban J connectivity index is 1.99. The van der Waals surface area contributed by atoms with E-state index in [9.17, 15) is 14.7 Å². The van der Waals surface area contributed by atoms with Crippen molar-refractivity contribution < 1.29 is 19.4 Å². The maximum atomic E-state index is 13.1. The first-order valence-corrected chi connectivity index (χ1v) is 9.23. The van der Waals surface area contributed by atoms with E-state index < -0.39 is 12.1 Å². The zero-order valence-corrected chi connectivity index (χ0v) is 15.5. The molecule has 0 saturated carbocycles. The highest BCUT2D eigenvalue weighted by atomic mass is 35.5. The SMILES string of the molecule is CCC1C(=O)c2c(Cl)c(Cl)c3c(c2C1c1ccccc1)CC(C(=O)O)O3. The molecular formula is C20H16Cl2O4. The molecule has 6 heteroatoms. The maximum absolute atomic E-state index is 13.1. The zero-order valence-electron chi connectivity index (χ0n) is 14.0. The van der Waals surface area contributed by atoms with Crippen LogP contribution >= 0.6 is 23.2 Å². The fourth-order valence-electron chi connectivity index (χ4n) is 4.17. The van der Waals surface area contributed by atoms with Crippen LogP contribution in [0.5, 0.6) is 5.75 Å². The van der Waals surface area contributed by atoms with Crippen LogP contribution < -0.4 is 4.74 Å². The predicted octanol–water partition coefficient (Wildman–Crippen LogP) is 4.74. The summed E-state index contributed by atoms with van der Waals surface area (Å²) in [7, 11) is 0. The van der Waals surface area contributed by atoms with Crippen LogP contribution in [-0.2, 0) is 11.2 Å². The van der Waals surface area contributed by atoms with Crippen molar-refractivity contribution in [3.05, 3.63) is 62.6 Å². The summed E-state index contributed by atoms with van der Waals surface area (Å²) < 4.78 is 5.57. The van der Waals surface area contributed by atoms with Crippen molar-refractivity contribution in [3.63, 3.8) is 0 Å². The molecule has 2 aromatic carbocycles. The number of ether oxygens (including phenoxy) is 1. The molecule has 2 aromatic rings. The van der Waals surface area contributed by atoms with Gasteiger partial charge < -0.3 is 9.84 Å². The van der Waals surface area contributed by atoms with Crippen LogP contribution in [0.2, 0.25) is 10.0 Å². The van der Waals surface area contributed by atoms with Crippen LogP contribution in [-0.4, -0.2) is 23.0 Å². The Morgan fingerprint density at radius 2 is 1.92 bits per heavy atom. The maximum Gasteiger partial charge on any atom is 0.345 e. The van der Waals surface area contributed by atoms with Crippen molar-refractivity contribution in [2.24, 2.45) is 5.92 Å². The number of carbonyl (C=O) groups excluding carboxylic acids is 1. The third-order valence-corrected chi connectivity index (χ3v) is 6.14. The third kappa shape index (κ3) is 2.36. The van der Waals surface area contributed by atoms with Gasteiger partial charge in [0.05, 0.1) is 5.02 Å². The normalized spacial score (nSPS) is 23.5. The van der Waals surface area contributed by atoms with Crippen molar-refractivity contribution in [2.45, 2.75) is 31.8 Å². The lowest BCUT2D eigenvalue weighted by atomic mass is 9.82. The number of rotatable bonds is 3. The molecule has 0 bridgehead atoms. The van der Waals surface area contributed by atoms with E-state index in [0.29, 0.717) is 23.3 Å². The summed E-state index contributed by atoms with van der Waals surface area (Å²) in [5.41, 5.74) is 2.90. The highest BCUT2D eigenvalue weighted by molar-refractivity contribution is 6.45. The van der Waals surface area contributed by atoms with Gasteiger partial charge in [-0.15, -0.1) is 0 Å². The minimum absolute atomic E-state index is 0.0372. The molecule has 4 nitrogen and oxygen atoms in total. The largest absolute Gasteiger partial charge is 0.478 e. The van der Waals surface area contributed by atoms with Gasteiger partial charge in [0.25, 0.3) is 0 Å². The van der Waals surface area contributed by atoms with Crippen LogP contribution in [0.15, 0.2) is 30.3 Å². The summed E-state index contributed by atoms with van der Waals surface area (Å²) in [5.74, 6) is -1.23. The molecule has 2 aliphatic rings.